The van der Waals surface area contributed by atoms with E-state index in [0.29, 0.717) is 6.04 Å². The number of rotatable bonds is 3. The number of aromatic nitrogens is 1. The second kappa shape index (κ2) is 5.80. The molecular formula is C12H19BrN4. The number of nitrogens with zero attached hydrogens (tertiary/aromatic N) is 3. The molecule has 0 spiro atoms. The van der Waals surface area contributed by atoms with Crippen molar-refractivity contribution in [3.8, 4) is 0 Å². The van der Waals surface area contributed by atoms with Crippen LogP contribution in [0.3, 0.4) is 0 Å². The van der Waals surface area contributed by atoms with Gasteiger partial charge in [0, 0.05) is 42.9 Å². The molecule has 0 bridgehead atoms. The average Bonchev–Trinajstić information content (AvgIpc) is 2.32. The molecule has 1 aromatic heterocycles. The first kappa shape index (κ1) is 12.8. The summed E-state index contributed by atoms with van der Waals surface area (Å²) >= 11 is 3.39. The van der Waals surface area contributed by atoms with Crippen LogP contribution in [0.5, 0.6) is 0 Å². The molecule has 1 aromatic rings. The lowest BCUT2D eigenvalue weighted by Crippen LogP contribution is -2.52. The van der Waals surface area contributed by atoms with E-state index in [1.165, 1.54) is 0 Å². The zero-order valence-electron chi connectivity index (χ0n) is 10.4. The van der Waals surface area contributed by atoms with E-state index in [0.717, 1.165) is 36.5 Å². The summed E-state index contributed by atoms with van der Waals surface area (Å²) in [7, 11) is 4.37. The molecule has 4 nitrogen and oxygen atoms in total. The van der Waals surface area contributed by atoms with Gasteiger partial charge in [0.1, 0.15) is 5.82 Å². The molecule has 0 aromatic carbocycles. The first-order valence-electron chi connectivity index (χ1n) is 5.89. The van der Waals surface area contributed by atoms with Crippen molar-refractivity contribution < 1.29 is 0 Å². The number of pyridine rings is 1. The van der Waals surface area contributed by atoms with Crippen molar-refractivity contribution in [1.82, 2.24) is 14.8 Å². The highest BCUT2D eigenvalue weighted by molar-refractivity contribution is 9.10. The molecule has 2 heterocycles. The van der Waals surface area contributed by atoms with E-state index in [1.807, 2.05) is 18.3 Å². The maximum Gasteiger partial charge on any atom is 0.126 e. The number of nitrogens with one attached hydrogen (secondary N) is 1. The largest absolute Gasteiger partial charge is 0.368 e. The number of anilines is 1. The standard InChI is InChI=1S/C12H19BrN4/c1-16-5-6-17(2)11(9-16)8-15-12-4-3-10(13)7-14-12/h3-4,7,11H,5-6,8-9H2,1-2H3,(H,14,15). The lowest BCUT2D eigenvalue weighted by Gasteiger charge is -2.37. The summed E-state index contributed by atoms with van der Waals surface area (Å²) in [5.41, 5.74) is 0. The van der Waals surface area contributed by atoms with Gasteiger partial charge in [0.25, 0.3) is 0 Å². The van der Waals surface area contributed by atoms with E-state index in [9.17, 15) is 0 Å². The Hall–Kier alpha value is -0.650. The van der Waals surface area contributed by atoms with Crippen LogP contribution < -0.4 is 5.32 Å². The Kier molecular flexibility index (Phi) is 4.36. The molecule has 17 heavy (non-hydrogen) atoms. The van der Waals surface area contributed by atoms with Crippen LogP contribution in [0.4, 0.5) is 5.82 Å². The molecule has 1 aliphatic heterocycles. The minimum absolute atomic E-state index is 0.555. The van der Waals surface area contributed by atoms with Crippen molar-refractivity contribution in [2.24, 2.45) is 0 Å². The fourth-order valence-corrected chi connectivity index (χ4v) is 2.26. The van der Waals surface area contributed by atoms with E-state index in [4.69, 9.17) is 0 Å². The average molecular weight is 299 g/mol. The number of likely N-dealkylation sites (N-methyl/N-ethyl adjacent to an activating group) is 2. The lowest BCUT2D eigenvalue weighted by atomic mass is 10.2. The number of piperazine rings is 1. The molecule has 0 saturated carbocycles. The Morgan fingerprint density at radius 2 is 2.24 bits per heavy atom. The highest BCUT2D eigenvalue weighted by Crippen LogP contribution is 2.11. The Balaban J connectivity index is 1.86. The van der Waals surface area contributed by atoms with Crippen LogP contribution in [-0.2, 0) is 0 Å². The predicted molar refractivity (Wildman–Crippen MR) is 74.3 cm³/mol. The summed E-state index contributed by atoms with van der Waals surface area (Å²) in [6.07, 6.45) is 1.82. The minimum atomic E-state index is 0.555. The molecule has 0 aliphatic carbocycles. The summed E-state index contributed by atoms with van der Waals surface area (Å²) in [6.45, 7) is 4.34. The fraction of sp³-hybridized carbons (Fsp3) is 0.583. The van der Waals surface area contributed by atoms with E-state index in [2.05, 4.69) is 50.1 Å². The van der Waals surface area contributed by atoms with Crippen LogP contribution in [0.1, 0.15) is 0 Å². The van der Waals surface area contributed by atoms with Gasteiger partial charge in [0.05, 0.1) is 0 Å². The summed E-state index contributed by atoms with van der Waals surface area (Å²) in [4.78, 5) is 9.10. The van der Waals surface area contributed by atoms with Crippen LogP contribution in [0.25, 0.3) is 0 Å². The molecule has 1 unspecified atom stereocenters. The van der Waals surface area contributed by atoms with Crippen LogP contribution >= 0.6 is 15.9 Å². The van der Waals surface area contributed by atoms with Crippen molar-refractivity contribution in [2.75, 3.05) is 45.6 Å². The lowest BCUT2D eigenvalue weighted by molar-refractivity contribution is 0.122. The van der Waals surface area contributed by atoms with E-state index in [1.54, 1.807) is 0 Å². The molecule has 1 aliphatic rings. The van der Waals surface area contributed by atoms with Gasteiger partial charge < -0.3 is 10.2 Å². The third-order valence-corrected chi connectivity index (χ3v) is 3.70. The van der Waals surface area contributed by atoms with Gasteiger partial charge in [-0.3, -0.25) is 4.90 Å². The van der Waals surface area contributed by atoms with Crippen LogP contribution in [0.2, 0.25) is 0 Å². The summed E-state index contributed by atoms with van der Waals surface area (Å²) < 4.78 is 1.01. The monoisotopic (exact) mass is 298 g/mol. The Morgan fingerprint density at radius 3 is 2.94 bits per heavy atom. The van der Waals surface area contributed by atoms with Crippen molar-refractivity contribution in [1.29, 1.82) is 0 Å². The maximum absolute atomic E-state index is 4.32. The number of halogens is 1. The Labute approximate surface area is 111 Å². The SMILES string of the molecule is CN1CCN(C)C(CNc2ccc(Br)cn2)C1. The van der Waals surface area contributed by atoms with Crippen molar-refractivity contribution >= 4 is 21.7 Å². The molecule has 1 saturated heterocycles. The Morgan fingerprint density at radius 1 is 1.41 bits per heavy atom. The second-order valence-corrected chi connectivity index (χ2v) is 5.55. The van der Waals surface area contributed by atoms with Crippen LogP contribution in [0.15, 0.2) is 22.8 Å². The van der Waals surface area contributed by atoms with Gasteiger partial charge in [0.15, 0.2) is 0 Å². The summed E-state index contributed by atoms with van der Waals surface area (Å²) in [6, 6.07) is 4.56. The minimum Gasteiger partial charge on any atom is -0.368 e. The highest BCUT2D eigenvalue weighted by Gasteiger charge is 2.21. The highest BCUT2D eigenvalue weighted by atomic mass is 79.9. The quantitative estimate of drug-likeness (QED) is 0.916. The van der Waals surface area contributed by atoms with Gasteiger partial charge >= 0.3 is 0 Å². The smallest absolute Gasteiger partial charge is 0.126 e. The zero-order chi connectivity index (χ0) is 12.3. The molecule has 0 radical (unpaired) electrons. The van der Waals surface area contributed by atoms with E-state index >= 15 is 0 Å². The van der Waals surface area contributed by atoms with Gasteiger partial charge in [-0.05, 0) is 42.2 Å². The third-order valence-electron chi connectivity index (χ3n) is 3.23. The topological polar surface area (TPSA) is 31.4 Å². The molecule has 1 atom stereocenters. The van der Waals surface area contributed by atoms with E-state index in [-0.39, 0.29) is 0 Å². The fourth-order valence-electron chi connectivity index (χ4n) is 2.02. The third kappa shape index (κ3) is 3.66. The molecule has 5 heteroatoms. The molecule has 0 amide bonds. The molecule has 2 rings (SSSR count). The van der Waals surface area contributed by atoms with E-state index < -0.39 is 0 Å². The molecule has 1 N–H and O–H groups in total. The second-order valence-electron chi connectivity index (χ2n) is 4.64. The first-order chi connectivity index (χ1) is 8.15. The number of hydrogen-bond donors (Lipinski definition) is 1. The normalized spacial score (nSPS) is 22.6. The van der Waals surface area contributed by atoms with Gasteiger partial charge in [-0.15, -0.1) is 0 Å². The number of hydrogen-bond acceptors (Lipinski definition) is 4. The Bertz CT molecular complexity index is 354. The molecular weight excluding hydrogens is 280 g/mol. The molecule has 1 fully saturated rings. The summed E-state index contributed by atoms with van der Waals surface area (Å²) in [5.74, 6) is 0.940. The first-order valence-corrected chi connectivity index (χ1v) is 6.68. The van der Waals surface area contributed by atoms with Crippen molar-refractivity contribution in [2.45, 2.75) is 6.04 Å². The van der Waals surface area contributed by atoms with Gasteiger partial charge in [0.2, 0.25) is 0 Å². The van der Waals surface area contributed by atoms with Crippen LogP contribution in [0, 0.1) is 0 Å². The predicted octanol–water partition coefficient (Wildman–Crippen LogP) is 1.50. The van der Waals surface area contributed by atoms with Crippen LogP contribution in [-0.4, -0.2) is 61.1 Å². The zero-order valence-corrected chi connectivity index (χ0v) is 11.9. The van der Waals surface area contributed by atoms with Crippen molar-refractivity contribution in [3.05, 3.63) is 22.8 Å². The summed E-state index contributed by atoms with van der Waals surface area (Å²) in [5, 5.41) is 3.39. The maximum atomic E-state index is 4.32. The van der Waals surface area contributed by atoms with Gasteiger partial charge in [-0.25, -0.2) is 4.98 Å². The van der Waals surface area contributed by atoms with Gasteiger partial charge in [-0.2, -0.15) is 0 Å². The van der Waals surface area contributed by atoms with Crippen molar-refractivity contribution in [3.63, 3.8) is 0 Å². The van der Waals surface area contributed by atoms with Gasteiger partial charge in [-0.1, -0.05) is 0 Å². The molecule has 94 valence electrons.